The smallest absolute Gasteiger partial charge is 0.339 e. The predicted molar refractivity (Wildman–Crippen MR) is 115 cm³/mol. The number of rotatable bonds is 5. The molecule has 0 atom stereocenters. The van der Waals surface area contributed by atoms with Crippen LogP contribution >= 0.6 is 0 Å². The maximum absolute atomic E-state index is 12.4. The Labute approximate surface area is 172 Å². The summed E-state index contributed by atoms with van der Waals surface area (Å²) in [5.41, 5.74) is 3.51. The van der Waals surface area contributed by atoms with E-state index in [1.165, 1.54) is 0 Å². The Hall–Kier alpha value is -4.06. The molecule has 6 heteroatoms. The second-order valence-corrected chi connectivity index (χ2v) is 6.91. The van der Waals surface area contributed by atoms with Gasteiger partial charge in [-0.2, -0.15) is 0 Å². The lowest BCUT2D eigenvalue weighted by atomic mass is 10.0. The van der Waals surface area contributed by atoms with Gasteiger partial charge in [-0.15, -0.1) is 0 Å². The first kappa shape index (κ1) is 18.0. The van der Waals surface area contributed by atoms with Crippen molar-refractivity contribution in [2.75, 3.05) is 12.1 Å². The Bertz CT molecular complexity index is 1300. The predicted octanol–water partition coefficient (Wildman–Crippen LogP) is 4.59. The van der Waals surface area contributed by atoms with E-state index in [4.69, 9.17) is 13.9 Å². The molecule has 2 aromatic carbocycles. The van der Waals surface area contributed by atoms with Gasteiger partial charge in [0.15, 0.2) is 11.5 Å². The van der Waals surface area contributed by atoms with Gasteiger partial charge in [-0.3, -0.25) is 4.98 Å². The Balaban J connectivity index is 1.39. The van der Waals surface area contributed by atoms with Crippen molar-refractivity contribution >= 4 is 22.7 Å². The molecule has 1 aliphatic heterocycles. The van der Waals surface area contributed by atoms with E-state index in [1.54, 1.807) is 12.3 Å². The van der Waals surface area contributed by atoms with Gasteiger partial charge < -0.3 is 19.2 Å². The van der Waals surface area contributed by atoms with E-state index in [1.807, 2.05) is 66.9 Å². The van der Waals surface area contributed by atoms with Crippen LogP contribution in [0.5, 0.6) is 11.5 Å². The lowest BCUT2D eigenvalue weighted by Gasteiger charge is -2.06. The number of benzene rings is 2. The zero-order valence-electron chi connectivity index (χ0n) is 16.0. The number of aromatic nitrogens is 1. The molecule has 4 aromatic rings. The molecule has 5 rings (SSSR count). The van der Waals surface area contributed by atoms with Crippen molar-refractivity contribution in [3.05, 3.63) is 100 Å². The van der Waals surface area contributed by atoms with Crippen molar-refractivity contribution in [1.82, 2.24) is 4.98 Å². The van der Waals surface area contributed by atoms with Crippen LogP contribution in [0.1, 0.15) is 16.8 Å². The van der Waals surface area contributed by atoms with Gasteiger partial charge in [0.25, 0.3) is 0 Å². The zero-order chi connectivity index (χ0) is 20.3. The zero-order valence-corrected chi connectivity index (χ0v) is 16.0. The SMILES string of the molecule is O=c1oc2ccc(N/C=C/c3ccccn3)cc2cc1Cc1ccc2c(c1)OCO2. The van der Waals surface area contributed by atoms with Crippen molar-refractivity contribution < 1.29 is 13.9 Å². The molecule has 0 saturated carbocycles. The van der Waals surface area contributed by atoms with Gasteiger partial charge in [0, 0.05) is 35.5 Å². The molecule has 0 aliphatic carbocycles. The van der Waals surface area contributed by atoms with E-state index in [0.717, 1.165) is 28.1 Å². The van der Waals surface area contributed by atoms with Gasteiger partial charge in [0.1, 0.15) is 5.58 Å². The van der Waals surface area contributed by atoms with Crippen LogP contribution in [0.15, 0.2) is 82.3 Å². The van der Waals surface area contributed by atoms with Crippen LogP contribution < -0.4 is 20.4 Å². The summed E-state index contributed by atoms with van der Waals surface area (Å²) in [6.07, 6.45) is 5.92. The largest absolute Gasteiger partial charge is 0.454 e. The number of ether oxygens (including phenoxy) is 2. The summed E-state index contributed by atoms with van der Waals surface area (Å²) in [6.45, 7) is 0.224. The highest BCUT2D eigenvalue weighted by atomic mass is 16.7. The fourth-order valence-corrected chi connectivity index (χ4v) is 3.35. The van der Waals surface area contributed by atoms with Gasteiger partial charge in [-0.05, 0) is 60.2 Å². The van der Waals surface area contributed by atoms with E-state index < -0.39 is 0 Å². The summed E-state index contributed by atoms with van der Waals surface area (Å²) < 4.78 is 16.3. The number of hydrogen-bond donors (Lipinski definition) is 1. The monoisotopic (exact) mass is 398 g/mol. The maximum Gasteiger partial charge on any atom is 0.339 e. The minimum atomic E-state index is -0.337. The van der Waals surface area contributed by atoms with Crippen LogP contribution in [0.2, 0.25) is 0 Å². The summed E-state index contributed by atoms with van der Waals surface area (Å²) in [4.78, 5) is 16.7. The number of anilines is 1. The molecule has 1 N–H and O–H groups in total. The van der Waals surface area contributed by atoms with Gasteiger partial charge in [-0.1, -0.05) is 12.1 Å². The first-order chi connectivity index (χ1) is 14.7. The van der Waals surface area contributed by atoms with E-state index in [0.29, 0.717) is 23.3 Å². The second-order valence-electron chi connectivity index (χ2n) is 6.91. The molecular weight excluding hydrogens is 380 g/mol. The molecular formula is C24H18N2O4. The topological polar surface area (TPSA) is 73.6 Å². The molecule has 0 unspecified atom stereocenters. The fraction of sp³-hybridized carbons (Fsp3) is 0.0833. The molecule has 1 aliphatic rings. The number of pyridine rings is 1. The molecule has 0 spiro atoms. The van der Waals surface area contributed by atoms with E-state index in [9.17, 15) is 4.79 Å². The second kappa shape index (κ2) is 7.75. The van der Waals surface area contributed by atoms with Crippen molar-refractivity contribution in [1.29, 1.82) is 0 Å². The number of hydrogen-bond acceptors (Lipinski definition) is 6. The summed E-state index contributed by atoms with van der Waals surface area (Å²) in [7, 11) is 0. The number of nitrogens with zero attached hydrogens (tertiary/aromatic N) is 1. The van der Waals surface area contributed by atoms with Crippen molar-refractivity contribution in [2.24, 2.45) is 0 Å². The highest BCUT2D eigenvalue weighted by Gasteiger charge is 2.14. The van der Waals surface area contributed by atoms with Crippen LogP contribution in [0.4, 0.5) is 5.69 Å². The quantitative estimate of drug-likeness (QED) is 0.496. The summed E-state index contributed by atoms with van der Waals surface area (Å²) in [5.74, 6) is 1.42. The fourth-order valence-electron chi connectivity index (χ4n) is 3.35. The Morgan fingerprint density at radius 1 is 1.00 bits per heavy atom. The highest BCUT2D eigenvalue weighted by Crippen LogP contribution is 2.33. The summed E-state index contributed by atoms with van der Waals surface area (Å²) >= 11 is 0. The Kier molecular flexibility index (Phi) is 4.65. The van der Waals surface area contributed by atoms with Gasteiger partial charge in [-0.25, -0.2) is 4.79 Å². The van der Waals surface area contributed by atoms with Gasteiger partial charge >= 0.3 is 5.63 Å². The third-order valence-corrected chi connectivity index (χ3v) is 4.83. The van der Waals surface area contributed by atoms with Crippen LogP contribution in [0, 0.1) is 0 Å². The normalized spacial score (nSPS) is 12.5. The van der Waals surface area contributed by atoms with Crippen molar-refractivity contribution in [3.63, 3.8) is 0 Å². The molecule has 2 aromatic heterocycles. The number of nitrogens with one attached hydrogen (secondary N) is 1. The van der Waals surface area contributed by atoms with E-state index in [2.05, 4.69) is 10.3 Å². The van der Waals surface area contributed by atoms with Crippen LogP contribution in [-0.2, 0) is 6.42 Å². The first-order valence-corrected chi connectivity index (χ1v) is 9.54. The summed E-state index contributed by atoms with van der Waals surface area (Å²) in [5, 5.41) is 4.08. The van der Waals surface area contributed by atoms with Crippen LogP contribution in [0.3, 0.4) is 0 Å². The maximum atomic E-state index is 12.4. The average molecular weight is 398 g/mol. The molecule has 30 heavy (non-hydrogen) atoms. The molecule has 6 nitrogen and oxygen atoms in total. The summed E-state index contributed by atoms with van der Waals surface area (Å²) in [6, 6.07) is 18.9. The molecule has 148 valence electrons. The average Bonchev–Trinajstić information content (AvgIpc) is 3.23. The van der Waals surface area contributed by atoms with Gasteiger partial charge in [0.2, 0.25) is 6.79 Å². The molecule has 0 radical (unpaired) electrons. The van der Waals surface area contributed by atoms with Crippen molar-refractivity contribution in [2.45, 2.75) is 6.42 Å². The Morgan fingerprint density at radius 2 is 1.93 bits per heavy atom. The Morgan fingerprint density at radius 3 is 2.83 bits per heavy atom. The number of fused-ring (bicyclic) bond motifs is 2. The van der Waals surface area contributed by atoms with Gasteiger partial charge in [0.05, 0.1) is 5.69 Å². The highest BCUT2D eigenvalue weighted by molar-refractivity contribution is 5.81. The molecule has 0 amide bonds. The minimum Gasteiger partial charge on any atom is -0.454 e. The standard InChI is InChI=1S/C24H18N2O4/c27-24-18(11-16-4-6-22-23(12-16)29-15-28-22)13-17-14-20(5-7-21(17)30-24)26-10-8-19-3-1-2-9-25-19/h1-10,12-14,26H,11,15H2/b10-8+. The lowest BCUT2D eigenvalue weighted by molar-refractivity contribution is 0.174. The first-order valence-electron chi connectivity index (χ1n) is 9.54. The molecule has 0 bridgehead atoms. The van der Waals surface area contributed by atoms with E-state index in [-0.39, 0.29) is 12.4 Å². The lowest BCUT2D eigenvalue weighted by Crippen LogP contribution is -2.07. The molecule has 0 fully saturated rings. The molecule has 3 heterocycles. The van der Waals surface area contributed by atoms with E-state index >= 15 is 0 Å². The third kappa shape index (κ3) is 3.75. The third-order valence-electron chi connectivity index (χ3n) is 4.83. The van der Waals surface area contributed by atoms with Crippen LogP contribution in [0.25, 0.3) is 17.0 Å². The molecule has 0 saturated heterocycles. The minimum absolute atomic E-state index is 0.224. The van der Waals surface area contributed by atoms with Crippen LogP contribution in [-0.4, -0.2) is 11.8 Å². The van der Waals surface area contributed by atoms with Crippen molar-refractivity contribution in [3.8, 4) is 11.5 Å².